The maximum atomic E-state index is 9.97. The van der Waals surface area contributed by atoms with Crippen molar-refractivity contribution in [1.82, 2.24) is 0 Å². The van der Waals surface area contributed by atoms with E-state index in [-0.39, 0.29) is 5.25 Å². The number of carboxylic acid groups (broad SMARTS) is 1. The minimum atomic E-state index is -1.01. The van der Waals surface area contributed by atoms with E-state index in [1.807, 2.05) is 0 Å². The topological polar surface area (TPSA) is 63.3 Å². The molecular formula is C4H9NO2S. The molecule has 1 unspecified atom stereocenters. The van der Waals surface area contributed by atoms with Gasteiger partial charge in [0.15, 0.2) is 0 Å². The lowest BCUT2D eigenvalue weighted by Gasteiger charge is -2.07. The molecule has 3 N–H and O–H groups in total. The molecule has 0 bridgehead atoms. The van der Waals surface area contributed by atoms with Gasteiger partial charge in [-0.3, -0.25) is 4.79 Å². The molecule has 4 heteroatoms. The van der Waals surface area contributed by atoms with Crippen LogP contribution in [0.3, 0.4) is 0 Å². The molecule has 0 spiro atoms. The Labute approximate surface area is 53.3 Å². The fourth-order valence-corrected chi connectivity index (χ4v) is 0.334. The highest BCUT2D eigenvalue weighted by molar-refractivity contribution is 7.81. The number of carboxylic acids is 1. The van der Waals surface area contributed by atoms with Gasteiger partial charge in [0.25, 0.3) is 0 Å². The van der Waals surface area contributed by atoms with Crippen molar-refractivity contribution in [2.75, 3.05) is 0 Å². The zero-order chi connectivity index (χ0) is 6.73. The van der Waals surface area contributed by atoms with Gasteiger partial charge in [0, 0.05) is 5.25 Å². The molecule has 0 radical (unpaired) electrons. The summed E-state index contributed by atoms with van der Waals surface area (Å²) in [6.45, 7) is 1.64. The summed E-state index contributed by atoms with van der Waals surface area (Å²) in [5, 5.41) is 7.89. The lowest BCUT2D eigenvalue weighted by atomic mass is 10.2. The first kappa shape index (κ1) is 7.78. The Hall–Kier alpha value is -0.220. The van der Waals surface area contributed by atoms with E-state index >= 15 is 0 Å². The number of hydrogen-bond donors (Lipinski definition) is 3. The Bertz CT molecular complexity index is 94.0. The highest BCUT2D eigenvalue weighted by Crippen LogP contribution is 1.96. The lowest BCUT2D eigenvalue weighted by Crippen LogP contribution is -2.37. The molecule has 0 amide bonds. The van der Waals surface area contributed by atoms with Crippen LogP contribution in [0.1, 0.15) is 6.92 Å². The number of thiol groups is 1. The first-order chi connectivity index (χ1) is 3.55. The normalized spacial score (nSPS) is 17.4. The average Bonchev–Trinajstić information content (AvgIpc) is 1.64. The molecule has 0 aliphatic rings. The highest BCUT2D eigenvalue weighted by Gasteiger charge is 2.15. The molecule has 0 heterocycles. The smallest absolute Gasteiger partial charge is 0.321 e. The van der Waals surface area contributed by atoms with Gasteiger partial charge in [-0.05, 0) is 0 Å². The molecule has 8 heavy (non-hydrogen) atoms. The van der Waals surface area contributed by atoms with Crippen LogP contribution in [0.5, 0.6) is 0 Å². The van der Waals surface area contributed by atoms with Gasteiger partial charge in [0.1, 0.15) is 6.04 Å². The highest BCUT2D eigenvalue weighted by atomic mass is 32.1. The van der Waals surface area contributed by atoms with E-state index in [1.165, 1.54) is 0 Å². The van der Waals surface area contributed by atoms with Gasteiger partial charge in [0.05, 0.1) is 0 Å². The van der Waals surface area contributed by atoms with Crippen LogP contribution >= 0.6 is 12.6 Å². The van der Waals surface area contributed by atoms with Gasteiger partial charge in [-0.25, -0.2) is 0 Å². The van der Waals surface area contributed by atoms with Gasteiger partial charge in [-0.2, -0.15) is 12.6 Å². The summed E-state index contributed by atoms with van der Waals surface area (Å²) in [6.07, 6.45) is 0. The summed E-state index contributed by atoms with van der Waals surface area (Å²) in [7, 11) is 0. The van der Waals surface area contributed by atoms with Crippen molar-refractivity contribution in [3.8, 4) is 0 Å². The second kappa shape index (κ2) is 2.94. The third-order valence-corrected chi connectivity index (χ3v) is 1.13. The molecular weight excluding hydrogens is 126 g/mol. The Balaban J connectivity index is 3.64. The third kappa shape index (κ3) is 2.18. The molecule has 0 aromatic rings. The standard InChI is InChI=1S/C4H9NO2S/c1-2(8)3(5)4(6)7/h2-3,8H,5H2,1H3,(H,6,7)/t2-,3?/m1/s1. The Morgan fingerprint density at radius 1 is 1.88 bits per heavy atom. The third-order valence-electron chi connectivity index (χ3n) is 0.805. The van der Waals surface area contributed by atoms with Crippen molar-refractivity contribution in [2.45, 2.75) is 18.2 Å². The summed E-state index contributed by atoms with van der Waals surface area (Å²) < 4.78 is 0. The lowest BCUT2D eigenvalue weighted by molar-refractivity contribution is -0.138. The fourth-order valence-electron chi connectivity index (χ4n) is 0.206. The van der Waals surface area contributed by atoms with E-state index in [9.17, 15) is 4.79 Å². The van der Waals surface area contributed by atoms with E-state index < -0.39 is 12.0 Å². The van der Waals surface area contributed by atoms with Crippen LogP contribution in [0.15, 0.2) is 0 Å². The molecule has 0 aliphatic heterocycles. The molecule has 0 fully saturated rings. The van der Waals surface area contributed by atoms with E-state index in [0.717, 1.165) is 0 Å². The predicted molar refractivity (Wildman–Crippen MR) is 34.1 cm³/mol. The molecule has 2 atom stereocenters. The Morgan fingerprint density at radius 2 is 2.25 bits per heavy atom. The molecule has 0 saturated heterocycles. The SMILES string of the molecule is C[C@@H](S)C(N)C(=O)O. The second-order valence-corrected chi connectivity index (χ2v) is 2.42. The molecule has 48 valence electrons. The van der Waals surface area contributed by atoms with Crippen LogP contribution in [-0.4, -0.2) is 22.4 Å². The quantitative estimate of drug-likeness (QED) is 0.456. The minimum absolute atomic E-state index is 0.285. The zero-order valence-corrected chi connectivity index (χ0v) is 5.43. The first-order valence-electron chi connectivity index (χ1n) is 2.22. The van der Waals surface area contributed by atoms with Gasteiger partial charge >= 0.3 is 5.97 Å². The van der Waals surface area contributed by atoms with Crippen molar-refractivity contribution in [3.05, 3.63) is 0 Å². The summed E-state index contributed by atoms with van der Waals surface area (Å²) in [6, 6.07) is -0.849. The zero-order valence-electron chi connectivity index (χ0n) is 4.53. The number of aliphatic carboxylic acids is 1. The van der Waals surface area contributed by atoms with E-state index in [4.69, 9.17) is 10.8 Å². The molecule has 0 aromatic carbocycles. The van der Waals surface area contributed by atoms with Crippen molar-refractivity contribution in [3.63, 3.8) is 0 Å². The molecule has 0 saturated carbocycles. The van der Waals surface area contributed by atoms with Crippen LogP contribution in [0.2, 0.25) is 0 Å². The van der Waals surface area contributed by atoms with E-state index in [1.54, 1.807) is 6.92 Å². The summed E-state index contributed by atoms with van der Waals surface area (Å²) in [4.78, 5) is 9.97. The van der Waals surface area contributed by atoms with Gasteiger partial charge in [0.2, 0.25) is 0 Å². The maximum absolute atomic E-state index is 9.97. The number of nitrogens with two attached hydrogens (primary N) is 1. The van der Waals surface area contributed by atoms with Crippen LogP contribution in [0.4, 0.5) is 0 Å². The van der Waals surface area contributed by atoms with Crippen LogP contribution in [-0.2, 0) is 4.79 Å². The van der Waals surface area contributed by atoms with Crippen LogP contribution in [0.25, 0.3) is 0 Å². The largest absolute Gasteiger partial charge is 0.480 e. The average molecular weight is 135 g/mol. The Morgan fingerprint density at radius 3 is 2.25 bits per heavy atom. The Kier molecular flexibility index (Phi) is 2.86. The van der Waals surface area contributed by atoms with E-state index in [0.29, 0.717) is 0 Å². The monoisotopic (exact) mass is 135 g/mol. The van der Waals surface area contributed by atoms with Crippen molar-refractivity contribution in [1.29, 1.82) is 0 Å². The molecule has 0 rings (SSSR count). The van der Waals surface area contributed by atoms with E-state index in [2.05, 4.69) is 12.6 Å². The van der Waals surface area contributed by atoms with Gasteiger partial charge in [-0.1, -0.05) is 6.92 Å². The van der Waals surface area contributed by atoms with Crippen molar-refractivity contribution >= 4 is 18.6 Å². The summed E-state index contributed by atoms with van der Waals surface area (Å²) >= 11 is 3.83. The minimum Gasteiger partial charge on any atom is -0.480 e. The van der Waals surface area contributed by atoms with Gasteiger partial charge < -0.3 is 10.8 Å². The molecule has 3 nitrogen and oxygen atoms in total. The predicted octanol–water partition coefficient (Wildman–Crippen LogP) is -0.283. The maximum Gasteiger partial charge on any atom is 0.321 e. The summed E-state index contributed by atoms with van der Waals surface area (Å²) in [5.41, 5.74) is 5.08. The first-order valence-corrected chi connectivity index (χ1v) is 2.74. The number of carbonyl (C=O) groups is 1. The number of hydrogen-bond acceptors (Lipinski definition) is 3. The van der Waals surface area contributed by atoms with Crippen molar-refractivity contribution in [2.24, 2.45) is 5.73 Å². The summed E-state index contributed by atoms with van der Waals surface area (Å²) in [5.74, 6) is -1.01. The second-order valence-electron chi connectivity index (χ2n) is 1.60. The van der Waals surface area contributed by atoms with Crippen LogP contribution < -0.4 is 5.73 Å². The van der Waals surface area contributed by atoms with Crippen molar-refractivity contribution < 1.29 is 9.90 Å². The number of rotatable bonds is 2. The van der Waals surface area contributed by atoms with Crippen LogP contribution in [0, 0.1) is 0 Å². The molecule has 0 aromatic heterocycles. The molecule has 0 aliphatic carbocycles. The van der Waals surface area contributed by atoms with Gasteiger partial charge in [-0.15, -0.1) is 0 Å². The fraction of sp³-hybridized carbons (Fsp3) is 0.750.